The maximum absolute atomic E-state index is 13.1. The highest BCUT2D eigenvalue weighted by Gasteiger charge is 2.40. The standard InChI is InChI=1S/C22H32O5/c1-8-12(4)19(24)16-11-17(15(7)23)27-22(21(26)14(6)10-3)18(16)20(25)13(5)9-2/h11-14,22H,8-10H2,1-7H3. The Hall–Kier alpha value is -2.04. The molecule has 0 aromatic rings. The topological polar surface area (TPSA) is 77.5 Å². The summed E-state index contributed by atoms with van der Waals surface area (Å²) in [6.07, 6.45) is 1.92. The molecule has 5 heteroatoms. The van der Waals surface area contributed by atoms with E-state index in [-0.39, 0.29) is 57.8 Å². The van der Waals surface area contributed by atoms with Gasteiger partial charge in [-0.15, -0.1) is 0 Å². The Morgan fingerprint density at radius 1 is 0.889 bits per heavy atom. The number of hydrogen-bond acceptors (Lipinski definition) is 5. The highest BCUT2D eigenvalue weighted by Crippen LogP contribution is 2.32. The van der Waals surface area contributed by atoms with Crippen molar-refractivity contribution in [2.75, 3.05) is 0 Å². The van der Waals surface area contributed by atoms with Gasteiger partial charge in [0.2, 0.25) is 0 Å². The van der Waals surface area contributed by atoms with Gasteiger partial charge in [-0.25, -0.2) is 0 Å². The fraction of sp³-hybridized carbons (Fsp3) is 0.636. The van der Waals surface area contributed by atoms with Crippen molar-refractivity contribution < 1.29 is 23.9 Å². The van der Waals surface area contributed by atoms with Crippen LogP contribution in [-0.2, 0) is 23.9 Å². The van der Waals surface area contributed by atoms with E-state index in [1.807, 2.05) is 20.8 Å². The summed E-state index contributed by atoms with van der Waals surface area (Å²) in [5, 5.41) is 0. The lowest BCUT2D eigenvalue weighted by Crippen LogP contribution is -2.40. The second kappa shape index (κ2) is 9.77. The van der Waals surface area contributed by atoms with Crippen molar-refractivity contribution in [1.29, 1.82) is 0 Å². The fourth-order valence-corrected chi connectivity index (χ4v) is 2.78. The van der Waals surface area contributed by atoms with Crippen molar-refractivity contribution in [1.82, 2.24) is 0 Å². The summed E-state index contributed by atoms with van der Waals surface area (Å²) in [5.41, 5.74) is 0.276. The van der Waals surface area contributed by atoms with Crippen LogP contribution in [0, 0.1) is 17.8 Å². The van der Waals surface area contributed by atoms with E-state index >= 15 is 0 Å². The zero-order valence-corrected chi connectivity index (χ0v) is 17.5. The Balaban J connectivity index is 3.71. The molecular formula is C22H32O5. The summed E-state index contributed by atoms with van der Waals surface area (Å²) in [6.45, 7) is 12.3. The quantitative estimate of drug-likeness (QED) is 0.576. The zero-order valence-electron chi connectivity index (χ0n) is 17.5. The Morgan fingerprint density at radius 3 is 1.81 bits per heavy atom. The van der Waals surface area contributed by atoms with Crippen molar-refractivity contribution in [3.8, 4) is 0 Å². The van der Waals surface area contributed by atoms with E-state index in [9.17, 15) is 19.2 Å². The minimum atomic E-state index is -1.20. The first-order chi connectivity index (χ1) is 12.6. The smallest absolute Gasteiger partial charge is 0.194 e. The first-order valence-corrected chi connectivity index (χ1v) is 9.86. The van der Waals surface area contributed by atoms with Crippen LogP contribution in [0.4, 0.5) is 0 Å². The Labute approximate surface area is 162 Å². The third-order valence-electron chi connectivity index (χ3n) is 5.43. The molecule has 0 N–H and O–H groups in total. The second-order valence-electron chi connectivity index (χ2n) is 7.45. The maximum atomic E-state index is 13.1. The summed E-state index contributed by atoms with van der Waals surface area (Å²) in [6, 6.07) is 0. The average Bonchev–Trinajstić information content (AvgIpc) is 2.68. The van der Waals surface area contributed by atoms with Crippen LogP contribution in [0.15, 0.2) is 23.0 Å². The van der Waals surface area contributed by atoms with Crippen LogP contribution in [0.25, 0.3) is 0 Å². The highest BCUT2D eigenvalue weighted by atomic mass is 16.5. The van der Waals surface area contributed by atoms with Gasteiger partial charge in [-0.2, -0.15) is 0 Å². The molecule has 150 valence electrons. The molecule has 1 rings (SSSR count). The molecule has 4 atom stereocenters. The molecule has 1 heterocycles. The van der Waals surface area contributed by atoms with Crippen LogP contribution in [0.3, 0.4) is 0 Å². The van der Waals surface area contributed by atoms with Crippen molar-refractivity contribution in [3.63, 3.8) is 0 Å². The van der Waals surface area contributed by atoms with E-state index in [0.29, 0.717) is 19.3 Å². The van der Waals surface area contributed by atoms with E-state index in [1.165, 1.54) is 13.0 Å². The third-order valence-corrected chi connectivity index (χ3v) is 5.43. The molecule has 0 aliphatic carbocycles. The Kier molecular flexibility index (Phi) is 8.32. The molecule has 0 bridgehead atoms. The van der Waals surface area contributed by atoms with E-state index < -0.39 is 6.10 Å². The lowest BCUT2D eigenvalue weighted by molar-refractivity contribution is -0.134. The van der Waals surface area contributed by atoms with Crippen molar-refractivity contribution in [3.05, 3.63) is 23.0 Å². The largest absolute Gasteiger partial charge is 0.474 e. The second-order valence-corrected chi connectivity index (χ2v) is 7.45. The minimum Gasteiger partial charge on any atom is -0.474 e. The predicted octanol–water partition coefficient (Wildman–Crippen LogP) is 4.00. The van der Waals surface area contributed by atoms with Crippen LogP contribution in [0.5, 0.6) is 0 Å². The number of Topliss-reactive ketones (excluding diaryl/α,β-unsaturated/α-hetero) is 4. The Bertz CT molecular complexity index is 683. The lowest BCUT2D eigenvalue weighted by atomic mass is 9.81. The molecule has 0 saturated heterocycles. The molecule has 0 amide bonds. The summed E-state index contributed by atoms with van der Waals surface area (Å²) < 4.78 is 5.69. The molecule has 1 aliphatic rings. The molecule has 0 aromatic carbocycles. The SMILES string of the molecule is CCC(C)C(=O)C1=C(C(=O)C(C)CC)C(C(=O)C(C)CC)OC(C(C)=O)=C1. The number of rotatable bonds is 10. The number of allylic oxidation sites excluding steroid dienone is 3. The lowest BCUT2D eigenvalue weighted by Gasteiger charge is -2.30. The van der Waals surface area contributed by atoms with E-state index in [2.05, 4.69) is 0 Å². The summed E-state index contributed by atoms with van der Waals surface area (Å²) >= 11 is 0. The van der Waals surface area contributed by atoms with Gasteiger partial charge in [-0.05, 0) is 25.3 Å². The van der Waals surface area contributed by atoms with E-state index in [1.54, 1.807) is 20.8 Å². The molecule has 0 aromatic heterocycles. The van der Waals surface area contributed by atoms with Gasteiger partial charge >= 0.3 is 0 Å². The van der Waals surface area contributed by atoms with Crippen LogP contribution < -0.4 is 0 Å². The van der Waals surface area contributed by atoms with Gasteiger partial charge in [0.1, 0.15) is 0 Å². The van der Waals surface area contributed by atoms with E-state index in [4.69, 9.17) is 4.74 Å². The fourth-order valence-electron chi connectivity index (χ4n) is 2.78. The summed E-state index contributed by atoms with van der Waals surface area (Å²) in [5.74, 6) is -2.18. The maximum Gasteiger partial charge on any atom is 0.194 e. The predicted molar refractivity (Wildman–Crippen MR) is 104 cm³/mol. The summed E-state index contributed by atoms with van der Waals surface area (Å²) in [7, 11) is 0. The normalized spacial score (nSPS) is 20.3. The number of hydrogen-bond donors (Lipinski definition) is 0. The van der Waals surface area contributed by atoms with Crippen LogP contribution in [0.2, 0.25) is 0 Å². The zero-order chi connectivity index (χ0) is 20.9. The molecular weight excluding hydrogens is 344 g/mol. The average molecular weight is 376 g/mol. The van der Waals surface area contributed by atoms with Crippen molar-refractivity contribution in [2.45, 2.75) is 73.8 Å². The molecule has 0 spiro atoms. The first-order valence-electron chi connectivity index (χ1n) is 9.86. The molecule has 27 heavy (non-hydrogen) atoms. The molecule has 0 saturated carbocycles. The first kappa shape index (κ1) is 23.0. The van der Waals surface area contributed by atoms with E-state index in [0.717, 1.165) is 0 Å². The minimum absolute atomic E-state index is 0.0380. The molecule has 0 fully saturated rings. The monoisotopic (exact) mass is 376 g/mol. The van der Waals surface area contributed by atoms with Crippen LogP contribution >= 0.6 is 0 Å². The van der Waals surface area contributed by atoms with Gasteiger partial charge in [-0.3, -0.25) is 19.2 Å². The van der Waals surface area contributed by atoms with Crippen molar-refractivity contribution in [2.24, 2.45) is 17.8 Å². The number of carbonyl (C=O) groups excluding carboxylic acids is 4. The van der Waals surface area contributed by atoms with Gasteiger partial charge in [0.05, 0.1) is 5.57 Å². The van der Waals surface area contributed by atoms with Crippen LogP contribution in [-0.4, -0.2) is 29.2 Å². The molecule has 1 aliphatic heterocycles. The number of carbonyl (C=O) groups is 4. The molecule has 5 nitrogen and oxygen atoms in total. The van der Waals surface area contributed by atoms with Gasteiger partial charge in [0.15, 0.2) is 35.0 Å². The van der Waals surface area contributed by atoms with Gasteiger partial charge < -0.3 is 4.74 Å². The highest BCUT2D eigenvalue weighted by molar-refractivity contribution is 6.15. The third kappa shape index (κ3) is 5.02. The van der Waals surface area contributed by atoms with Crippen molar-refractivity contribution >= 4 is 23.1 Å². The van der Waals surface area contributed by atoms with Gasteiger partial charge in [0, 0.05) is 30.3 Å². The molecule has 4 unspecified atom stereocenters. The van der Waals surface area contributed by atoms with Crippen LogP contribution in [0.1, 0.15) is 67.7 Å². The number of ketones is 4. The molecule has 0 radical (unpaired) electrons. The van der Waals surface area contributed by atoms with Gasteiger partial charge in [-0.1, -0.05) is 41.5 Å². The summed E-state index contributed by atoms with van der Waals surface area (Å²) in [4.78, 5) is 51.0. The number of ether oxygens (including phenoxy) is 1. The van der Waals surface area contributed by atoms with Gasteiger partial charge in [0.25, 0.3) is 0 Å². The Morgan fingerprint density at radius 2 is 1.37 bits per heavy atom.